The molecule has 122 valence electrons. The summed E-state index contributed by atoms with van der Waals surface area (Å²) in [5, 5.41) is 4.48. The lowest BCUT2D eigenvalue weighted by molar-refractivity contribution is -0.102. The van der Waals surface area contributed by atoms with Crippen molar-refractivity contribution in [1.29, 1.82) is 0 Å². The monoisotopic (exact) mass is 339 g/mol. The zero-order chi connectivity index (χ0) is 15.4. The van der Waals surface area contributed by atoms with Crippen molar-refractivity contribution >= 4 is 24.1 Å². The molecule has 2 aromatic carbocycles. The summed E-state index contributed by atoms with van der Waals surface area (Å²) < 4.78 is 27.3. The lowest BCUT2D eigenvalue weighted by atomic mass is 10.2. The summed E-state index contributed by atoms with van der Waals surface area (Å²) in [6.45, 7) is 1.52. The number of hydrogen-bond donors (Lipinski definition) is 1. The van der Waals surface area contributed by atoms with E-state index in [-0.39, 0.29) is 18.1 Å². The highest BCUT2D eigenvalue weighted by molar-refractivity contribution is 5.85. The van der Waals surface area contributed by atoms with Gasteiger partial charge in [-0.05, 0) is 17.7 Å². The van der Waals surface area contributed by atoms with Gasteiger partial charge in [-0.15, -0.1) is 12.4 Å². The Kier molecular flexibility index (Phi) is 5.90. The topological polar surface area (TPSA) is 36.9 Å². The maximum atomic E-state index is 13.6. The highest BCUT2D eigenvalue weighted by Crippen LogP contribution is 2.22. The van der Waals surface area contributed by atoms with Crippen molar-refractivity contribution < 1.29 is 13.6 Å². The summed E-state index contributed by atoms with van der Waals surface area (Å²) in [6.07, 6.45) is 0. The molecule has 0 saturated carbocycles. The molecule has 7 heteroatoms. The predicted octanol–water partition coefficient (Wildman–Crippen LogP) is 3.41. The van der Waals surface area contributed by atoms with Gasteiger partial charge in [0, 0.05) is 6.54 Å². The number of hydrogen-bond acceptors (Lipinski definition) is 2. The molecule has 0 atom stereocenters. The lowest BCUT2D eigenvalue weighted by Gasteiger charge is -2.17. The average molecular weight is 340 g/mol. The normalized spacial score (nSPS) is 15.4. The number of aliphatic imine (C=N–C) groups is 1. The summed E-state index contributed by atoms with van der Waals surface area (Å²) in [7, 11) is 0. The van der Waals surface area contributed by atoms with E-state index in [1.807, 2.05) is 30.3 Å². The Morgan fingerprint density at radius 2 is 1.74 bits per heavy atom. The minimum absolute atomic E-state index is 0. The van der Waals surface area contributed by atoms with Crippen molar-refractivity contribution in [3.63, 3.8) is 0 Å². The highest BCUT2D eigenvalue weighted by Gasteiger charge is 2.20. The van der Waals surface area contributed by atoms with Crippen LogP contribution in [0.3, 0.4) is 0 Å². The van der Waals surface area contributed by atoms with Gasteiger partial charge in [-0.3, -0.25) is 4.84 Å². The van der Waals surface area contributed by atoms with Crippen LogP contribution in [0.15, 0.2) is 53.5 Å². The number of benzene rings is 2. The fraction of sp³-hybridized carbons (Fsp3) is 0.188. The second-order valence-corrected chi connectivity index (χ2v) is 4.79. The zero-order valence-corrected chi connectivity index (χ0v) is 13.0. The maximum Gasteiger partial charge on any atom is 0.224 e. The third-order valence-corrected chi connectivity index (χ3v) is 3.22. The molecular formula is C16H16ClF2N3O. The van der Waals surface area contributed by atoms with Crippen molar-refractivity contribution in [1.82, 2.24) is 10.4 Å². The predicted molar refractivity (Wildman–Crippen MR) is 86.6 cm³/mol. The molecule has 1 aliphatic rings. The lowest BCUT2D eigenvalue weighted by Crippen LogP contribution is -2.30. The molecule has 1 fully saturated rings. The minimum atomic E-state index is -0.704. The van der Waals surface area contributed by atoms with Gasteiger partial charge in [0.25, 0.3) is 0 Å². The Hall–Kier alpha value is -2.18. The fourth-order valence-electron chi connectivity index (χ4n) is 2.11. The molecule has 1 heterocycles. The quantitative estimate of drug-likeness (QED) is 0.927. The van der Waals surface area contributed by atoms with Crippen LogP contribution in [0.25, 0.3) is 0 Å². The maximum absolute atomic E-state index is 13.6. The van der Waals surface area contributed by atoms with Gasteiger partial charge in [0.2, 0.25) is 5.96 Å². The van der Waals surface area contributed by atoms with Gasteiger partial charge in [-0.2, -0.15) is 0 Å². The minimum Gasteiger partial charge on any atom is -0.352 e. The second kappa shape index (κ2) is 7.89. The van der Waals surface area contributed by atoms with Crippen molar-refractivity contribution in [2.75, 3.05) is 13.1 Å². The number of rotatable bonds is 4. The van der Waals surface area contributed by atoms with Crippen molar-refractivity contribution in [2.24, 2.45) is 4.99 Å². The molecule has 1 aliphatic heterocycles. The highest BCUT2D eigenvalue weighted by atomic mass is 35.5. The first kappa shape index (κ1) is 17.2. The molecule has 0 aliphatic carbocycles. The van der Waals surface area contributed by atoms with Crippen LogP contribution >= 0.6 is 12.4 Å². The summed E-state index contributed by atoms with van der Waals surface area (Å²) in [5.41, 5.74) is 0.686. The van der Waals surface area contributed by atoms with Gasteiger partial charge in [-0.1, -0.05) is 36.4 Å². The SMILES string of the molecule is Cl.Fc1cccc(F)c1/N=C1\NCCN1OCc1ccccc1. The smallest absolute Gasteiger partial charge is 0.224 e. The summed E-state index contributed by atoms with van der Waals surface area (Å²) in [5.74, 6) is -1.10. The van der Waals surface area contributed by atoms with E-state index in [0.717, 1.165) is 5.56 Å². The van der Waals surface area contributed by atoms with Gasteiger partial charge in [0.1, 0.15) is 12.3 Å². The molecule has 0 spiro atoms. The van der Waals surface area contributed by atoms with Crippen LogP contribution in [0, 0.1) is 11.6 Å². The second-order valence-electron chi connectivity index (χ2n) is 4.79. The standard InChI is InChI=1S/C16H15F2N3O.ClH/c17-13-7-4-8-14(18)15(13)20-16-19-9-10-21(16)22-11-12-5-2-1-3-6-12;/h1-8H,9-11H2,(H,19,20);1H. The van der Waals surface area contributed by atoms with E-state index >= 15 is 0 Å². The number of guanidine groups is 1. The van der Waals surface area contributed by atoms with Crippen LogP contribution in [0.1, 0.15) is 5.56 Å². The van der Waals surface area contributed by atoms with E-state index in [2.05, 4.69) is 10.3 Å². The van der Waals surface area contributed by atoms with Gasteiger partial charge < -0.3 is 5.32 Å². The average Bonchev–Trinajstić information content (AvgIpc) is 2.97. The van der Waals surface area contributed by atoms with Crippen LogP contribution in [0.2, 0.25) is 0 Å². The van der Waals surface area contributed by atoms with Gasteiger partial charge in [-0.25, -0.2) is 18.8 Å². The number of nitrogens with zero attached hydrogens (tertiary/aromatic N) is 2. The molecule has 4 nitrogen and oxygen atoms in total. The first-order chi connectivity index (χ1) is 10.7. The molecule has 0 aromatic heterocycles. The summed E-state index contributed by atoms with van der Waals surface area (Å²) in [4.78, 5) is 9.66. The molecule has 1 N–H and O–H groups in total. The van der Waals surface area contributed by atoms with Crippen LogP contribution in [-0.4, -0.2) is 24.1 Å². The molecule has 0 radical (unpaired) electrons. The Morgan fingerprint density at radius 1 is 1.04 bits per heavy atom. The van der Waals surface area contributed by atoms with E-state index in [4.69, 9.17) is 4.84 Å². The first-order valence-corrected chi connectivity index (χ1v) is 6.95. The van der Waals surface area contributed by atoms with E-state index in [0.29, 0.717) is 25.7 Å². The van der Waals surface area contributed by atoms with Crippen molar-refractivity contribution in [3.05, 3.63) is 65.7 Å². The number of halogens is 3. The molecule has 1 saturated heterocycles. The van der Waals surface area contributed by atoms with E-state index in [1.165, 1.54) is 23.3 Å². The van der Waals surface area contributed by atoms with E-state index in [9.17, 15) is 8.78 Å². The van der Waals surface area contributed by atoms with Crippen LogP contribution in [-0.2, 0) is 11.4 Å². The number of hydroxylamine groups is 2. The number of nitrogens with one attached hydrogen (secondary N) is 1. The van der Waals surface area contributed by atoms with Crippen molar-refractivity contribution in [2.45, 2.75) is 6.61 Å². The molecule has 23 heavy (non-hydrogen) atoms. The summed E-state index contributed by atoms with van der Waals surface area (Å²) >= 11 is 0. The molecule has 0 amide bonds. The molecule has 3 rings (SSSR count). The fourth-order valence-corrected chi connectivity index (χ4v) is 2.11. The van der Waals surface area contributed by atoms with Gasteiger partial charge >= 0.3 is 0 Å². The van der Waals surface area contributed by atoms with E-state index in [1.54, 1.807) is 0 Å². The molecule has 0 unspecified atom stereocenters. The molecule has 0 bridgehead atoms. The number of para-hydroxylation sites is 1. The molecule has 2 aromatic rings. The zero-order valence-electron chi connectivity index (χ0n) is 12.2. The van der Waals surface area contributed by atoms with Gasteiger partial charge in [0.05, 0.1) is 6.54 Å². The Balaban J connectivity index is 0.00000192. The van der Waals surface area contributed by atoms with Gasteiger partial charge in [0.15, 0.2) is 11.6 Å². The van der Waals surface area contributed by atoms with E-state index < -0.39 is 11.6 Å². The third-order valence-electron chi connectivity index (χ3n) is 3.22. The third kappa shape index (κ3) is 4.18. The largest absolute Gasteiger partial charge is 0.352 e. The Labute approximate surface area is 139 Å². The Bertz CT molecular complexity index is 662. The van der Waals surface area contributed by atoms with Crippen LogP contribution in [0.5, 0.6) is 0 Å². The van der Waals surface area contributed by atoms with Crippen LogP contribution in [0.4, 0.5) is 14.5 Å². The summed E-state index contributed by atoms with van der Waals surface area (Å²) in [6, 6.07) is 13.3. The molecular weight excluding hydrogens is 324 g/mol. The first-order valence-electron chi connectivity index (χ1n) is 6.95. The van der Waals surface area contributed by atoms with Crippen molar-refractivity contribution in [3.8, 4) is 0 Å². The van der Waals surface area contributed by atoms with Crippen LogP contribution < -0.4 is 5.32 Å². The Morgan fingerprint density at radius 3 is 2.43 bits per heavy atom.